The molecule has 5 heteroatoms. The summed E-state index contributed by atoms with van der Waals surface area (Å²) < 4.78 is 0. The SMILES string of the molecule is Cc1nccc(CNC(=O)CCc2ccccc2N)n1. The summed E-state index contributed by atoms with van der Waals surface area (Å²) in [5.74, 6) is 0.693. The minimum absolute atomic E-state index is 0.00971. The third-order valence-electron chi connectivity index (χ3n) is 2.98. The van der Waals surface area contributed by atoms with Crippen molar-refractivity contribution in [1.82, 2.24) is 15.3 Å². The quantitative estimate of drug-likeness (QED) is 0.809. The Kier molecular flexibility index (Phi) is 4.65. The van der Waals surface area contributed by atoms with Gasteiger partial charge in [0.1, 0.15) is 5.82 Å². The Morgan fingerprint density at radius 3 is 2.85 bits per heavy atom. The second-order valence-electron chi connectivity index (χ2n) is 4.57. The van der Waals surface area contributed by atoms with Crippen LogP contribution in [0.1, 0.15) is 23.5 Å². The first-order valence-electron chi connectivity index (χ1n) is 6.54. The van der Waals surface area contributed by atoms with Gasteiger partial charge in [-0.1, -0.05) is 18.2 Å². The molecule has 3 N–H and O–H groups in total. The smallest absolute Gasteiger partial charge is 0.220 e. The summed E-state index contributed by atoms with van der Waals surface area (Å²) in [6.45, 7) is 2.25. The van der Waals surface area contributed by atoms with Crippen molar-refractivity contribution in [2.45, 2.75) is 26.3 Å². The molecule has 0 aliphatic carbocycles. The second kappa shape index (κ2) is 6.65. The lowest BCUT2D eigenvalue weighted by Gasteiger charge is -2.07. The Morgan fingerprint density at radius 1 is 1.30 bits per heavy atom. The van der Waals surface area contributed by atoms with Crippen LogP contribution in [0, 0.1) is 6.92 Å². The molecule has 0 aliphatic heterocycles. The molecule has 0 bridgehead atoms. The number of nitrogen functional groups attached to an aromatic ring is 1. The van der Waals surface area contributed by atoms with Crippen LogP contribution in [0.3, 0.4) is 0 Å². The minimum atomic E-state index is -0.00971. The fourth-order valence-electron chi connectivity index (χ4n) is 1.89. The van der Waals surface area contributed by atoms with Gasteiger partial charge in [0, 0.05) is 18.3 Å². The molecule has 20 heavy (non-hydrogen) atoms. The first-order chi connectivity index (χ1) is 9.65. The van der Waals surface area contributed by atoms with Gasteiger partial charge in [0.05, 0.1) is 12.2 Å². The van der Waals surface area contributed by atoms with Gasteiger partial charge >= 0.3 is 0 Å². The van der Waals surface area contributed by atoms with E-state index in [1.165, 1.54) is 0 Å². The number of hydrogen-bond donors (Lipinski definition) is 2. The van der Waals surface area contributed by atoms with Crippen LogP contribution in [0.4, 0.5) is 5.69 Å². The molecule has 1 aromatic heterocycles. The molecule has 0 saturated heterocycles. The first-order valence-corrected chi connectivity index (χ1v) is 6.54. The molecule has 0 aliphatic rings. The molecular formula is C15H18N4O. The zero-order valence-electron chi connectivity index (χ0n) is 11.5. The monoisotopic (exact) mass is 270 g/mol. The van der Waals surface area contributed by atoms with Crippen molar-refractivity contribution in [3.8, 4) is 0 Å². The van der Waals surface area contributed by atoms with Gasteiger partial charge in [0.25, 0.3) is 0 Å². The van der Waals surface area contributed by atoms with E-state index < -0.39 is 0 Å². The van der Waals surface area contributed by atoms with Crippen LogP contribution in [-0.2, 0) is 17.8 Å². The molecule has 2 aromatic rings. The Bertz CT molecular complexity index is 598. The van der Waals surface area contributed by atoms with Crippen LogP contribution in [-0.4, -0.2) is 15.9 Å². The second-order valence-corrected chi connectivity index (χ2v) is 4.57. The zero-order valence-corrected chi connectivity index (χ0v) is 11.5. The fraction of sp³-hybridized carbons (Fsp3) is 0.267. The number of nitrogens with zero attached hydrogens (tertiary/aromatic N) is 2. The molecule has 0 spiro atoms. The fourth-order valence-corrected chi connectivity index (χ4v) is 1.89. The number of nitrogens with two attached hydrogens (primary N) is 1. The highest BCUT2D eigenvalue weighted by Crippen LogP contribution is 2.12. The number of hydrogen-bond acceptors (Lipinski definition) is 4. The van der Waals surface area contributed by atoms with Gasteiger partial charge < -0.3 is 11.1 Å². The number of anilines is 1. The normalized spacial score (nSPS) is 10.2. The van der Waals surface area contributed by atoms with E-state index in [0.29, 0.717) is 25.2 Å². The van der Waals surface area contributed by atoms with Crippen LogP contribution >= 0.6 is 0 Å². The Balaban J connectivity index is 1.80. The van der Waals surface area contributed by atoms with Gasteiger partial charge in [-0.05, 0) is 31.0 Å². The predicted octanol–water partition coefficient (Wildman–Crippen LogP) is 1.62. The summed E-state index contributed by atoms with van der Waals surface area (Å²) in [5.41, 5.74) is 8.38. The number of aromatic nitrogens is 2. The van der Waals surface area contributed by atoms with Crippen molar-refractivity contribution >= 4 is 11.6 Å². The van der Waals surface area contributed by atoms with E-state index in [4.69, 9.17) is 5.73 Å². The maximum atomic E-state index is 11.8. The average molecular weight is 270 g/mol. The van der Waals surface area contributed by atoms with E-state index in [-0.39, 0.29) is 5.91 Å². The molecular weight excluding hydrogens is 252 g/mol. The zero-order chi connectivity index (χ0) is 14.4. The molecule has 0 unspecified atom stereocenters. The van der Waals surface area contributed by atoms with Gasteiger partial charge in [0.15, 0.2) is 0 Å². The van der Waals surface area contributed by atoms with Gasteiger partial charge in [0.2, 0.25) is 5.91 Å². The number of para-hydroxylation sites is 1. The van der Waals surface area contributed by atoms with E-state index in [1.54, 1.807) is 12.3 Å². The molecule has 0 atom stereocenters. The summed E-state index contributed by atoms with van der Waals surface area (Å²) in [6.07, 6.45) is 2.74. The van der Waals surface area contributed by atoms with E-state index in [9.17, 15) is 4.79 Å². The van der Waals surface area contributed by atoms with E-state index in [2.05, 4.69) is 15.3 Å². The van der Waals surface area contributed by atoms with E-state index in [1.807, 2.05) is 31.2 Å². The van der Waals surface area contributed by atoms with E-state index in [0.717, 1.165) is 16.9 Å². The van der Waals surface area contributed by atoms with Crippen LogP contribution in [0.25, 0.3) is 0 Å². The summed E-state index contributed by atoms with van der Waals surface area (Å²) >= 11 is 0. The maximum absolute atomic E-state index is 11.8. The maximum Gasteiger partial charge on any atom is 0.220 e. The van der Waals surface area contributed by atoms with Crippen molar-refractivity contribution in [3.05, 3.63) is 53.6 Å². The lowest BCUT2D eigenvalue weighted by atomic mass is 10.1. The third kappa shape index (κ3) is 4.05. The summed E-state index contributed by atoms with van der Waals surface area (Å²) in [6, 6.07) is 9.39. The van der Waals surface area contributed by atoms with Crippen molar-refractivity contribution in [1.29, 1.82) is 0 Å². The van der Waals surface area contributed by atoms with Crippen molar-refractivity contribution in [2.75, 3.05) is 5.73 Å². The first kappa shape index (κ1) is 14.0. The highest BCUT2D eigenvalue weighted by atomic mass is 16.1. The molecule has 2 rings (SSSR count). The Morgan fingerprint density at radius 2 is 2.10 bits per heavy atom. The summed E-state index contributed by atoms with van der Waals surface area (Å²) in [5, 5.41) is 2.85. The lowest BCUT2D eigenvalue weighted by Crippen LogP contribution is -2.23. The number of rotatable bonds is 5. The summed E-state index contributed by atoms with van der Waals surface area (Å²) in [4.78, 5) is 20.0. The minimum Gasteiger partial charge on any atom is -0.399 e. The van der Waals surface area contributed by atoms with Crippen LogP contribution < -0.4 is 11.1 Å². The molecule has 5 nitrogen and oxygen atoms in total. The van der Waals surface area contributed by atoms with Gasteiger partial charge in [-0.15, -0.1) is 0 Å². The highest BCUT2D eigenvalue weighted by Gasteiger charge is 2.05. The van der Waals surface area contributed by atoms with Gasteiger partial charge in [-0.2, -0.15) is 0 Å². The van der Waals surface area contributed by atoms with Crippen molar-refractivity contribution in [3.63, 3.8) is 0 Å². The molecule has 104 valence electrons. The average Bonchev–Trinajstić information content (AvgIpc) is 2.44. The number of amides is 1. The van der Waals surface area contributed by atoms with Crippen LogP contribution in [0.5, 0.6) is 0 Å². The van der Waals surface area contributed by atoms with Gasteiger partial charge in [-0.3, -0.25) is 4.79 Å². The van der Waals surface area contributed by atoms with Crippen molar-refractivity contribution < 1.29 is 4.79 Å². The van der Waals surface area contributed by atoms with Crippen LogP contribution in [0.2, 0.25) is 0 Å². The Hall–Kier alpha value is -2.43. The number of benzene rings is 1. The molecule has 1 aromatic carbocycles. The number of carbonyl (C=O) groups is 1. The number of carbonyl (C=O) groups excluding carboxylic acids is 1. The predicted molar refractivity (Wildman–Crippen MR) is 77.8 cm³/mol. The topological polar surface area (TPSA) is 80.9 Å². The highest BCUT2D eigenvalue weighted by molar-refractivity contribution is 5.76. The molecule has 0 fully saturated rings. The Labute approximate surface area is 118 Å². The number of aryl methyl sites for hydroxylation is 2. The third-order valence-corrected chi connectivity index (χ3v) is 2.98. The largest absolute Gasteiger partial charge is 0.399 e. The molecule has 0 radical (unpaired) electrons. The number of nitrogens with one attached hydrogen (secondary N) is 1. The van der Waals surface area contributed by atoms with Gasteiger partial charge in [-0.25, -0.2) is 9.97 Å². The molecule has 0 saturated carbocycles. The molecule has 1 heterocycles. The van der Waals surface area contributed by atoms with E-state index >= 15 is 0 Å². The standard InChI is InChI=1S/C15H18N4O/c1-11-17-9-8-13(19-11)10-18-15(20)7-6-12-4-2-3-5-14(12)16/h2-5,8-9H,6-7,10,16H2,1H3,(H,18,20). The van der Waals surface area contributed by atoms with Crippen molar-refractivity contribution in [2.24, 2.45) is 0 Å². The molecule has 1 amide bonds. The summed E-state index contributed by atoms with van der Waals surface area (Å²) in [7, 11) is 0. The lowest BCUT2D eigenvalue weighted by molar-refractivity contribution is -0.121. The van der Waals surface area contributed by atoms with Crippen LogP contribution in [0.15, 0.2) is 36.5 Å².